The smallest absolute Gasteiger partial charge is 0.262 e. The Balaban J connectivity index is 2.32. The van der Waals surface area contributed by atoms with E-state index in [1.807, 2.05) is 0 Å². The lowest BCUT2D eigenvalue weighted by molar-refractivity contribution is 0.433. The van der Waals surface area contributed by atoms with Crippen molar-refractivity contribution in [3.63, 3.8) is 0 Å². The Morgan fingerprint density at radius 1 is 1.35 bits per heavy atom. The zero-order valence-corrected chi connectivity index (χ0v) is 11.0. The fourth-order valence-electron chi connectivity index (χ4n) is 1.70. The van der Waals surface area contributed by atoms with Crippen molar-refractivity contribution in [3.05, 3.63) is 18.3 Å². The van der Waals surface area contributed by atoms with Gasteiger partial charge in [-0.25, -0.2) is 13.4 Å². The molecule has 1 aromatic rings. The van der Waals surface area contributed by atoms with E-state index in [1.165, 1.54) is 10.5 Å². The molecular formula is C10H15N3O2S2. The summed E-state index contributed by atoms with van der Waals surface area (Å²) >= 11 is 1.78. The first kappa shape index (κ1) is 12.7. The van der Waals surface area contributed by atoms with E-state index in [1.54, 1.807) is 23.9 Å². The standard InChI is InChI=1S/C10H15N3O2S2/c11-9-3-1-4-12-10(9)17(14,15)13-5-2-7-16-8-6-13/h1,3-4H,2,5-8,11H2. The van der Waals surface area contributed by atoms with Crippen LogP contribution in [0.15, 0.2) is 23.4 Å². The molecule has 0 spiro atoms. The summed E-state index contributed by atoms with van der Waals surface area (Å²) in [5.41, 5.74) is 5.89. The molecule has 1 aliphatic heterocycles. The van der Waals surface area contributed by atoms with E-state index in [0.717, 1.165) is 17.9 Å². The molecule has 17 heavy (non-hydrogen) atoms. The summed E-state index contributed by atoms with van der Waals surface area (Å²) in [6.45, 7) is 1.08. The summed E-state index contributed by atoms with van der Waals surface area (Å²) in [6.07, 6.45) is 2.33. The summed E-state index contributed by atoms with van der Waals surface area (Å²) < 4.78 is 26.1. The summed E-state index contributed by atoms with van der Waals surface area (Å²) in [6, 6.07) is 3.19. The average Bonchev–Trinajstić information content (AvgIpc) is 2.58. The molecule has 7 heteroatoms. The first-order valence-corrected chi connectivity index (χ1v) is 8.00. The predicted octanol–water partition coefficient (Wildman–Crippen LogP) is 0.791. The van der Waals surface area contributed by atoms with Crippen LogP contribution in [0.3, 0.4) is 0 Å². The molecule has 2 heterocycles. The lowest BCUT2D eigenvalue weighted by atomic mass is 10.4. The van der Waals surface area contributed by atoms with Crippen molar-refractivity contribution in [2.24, 2.45) is 0 Å². The monoisotopic (exact) mass is 273 g/mol. The Kier molecular flexibility index (Phi) is 3.90. The van der Waals surface area contributed by atoms with E-state index >= 15 is 0 Å². The van der Waals surface area contributed by atoms with Crippen molar-refractivity contribution in [2.75, 3.05) is 30.3 Å². The maximum atomic E-state index is 12.3. The number of thioether (sulfide) groups is 1. The third kappa shape index (κ3) is 2.72. The molecule has 0 aromatic carbocycles. The maximum absolute atomic E-state index is 12.3. The first-order valence-electron chi connectivity index (χ1n) is 5.41. The predicted molar refractivity (Wildman–Crippen MR) is 69.4 cm³/mol. The van der Waals surface area contributed by atoms with Gasteiger partial charge in [-0.3, -0.25) is 0 Å². The number of hydrogen-bond donors (Lipinski definition) is 1. The van der Waals surface area contributed by atoms with Crippen LogP contribution in [0, 0.1) is 0 Å². The molecule has 1 aromatic heterocycles. The van der Waals surface area contributed by atoms with Gasteiger partial charge < -0.3 is 5.73 Å². The highest BCUT2D eigenvalue weighted by molar-refractivity contribution is 7.99. The molecule has 0 amide bonds. The lowest BCUT2D eigenvalue weighted by Gasteiger charge is -2.19. The molecular weight excluding hydrogens is 258 g/mol. The van der Waals surface area contributed by atoms with E-state index < -0.39 is 10.0 Å². The SMILES string of the molecule is Nc1cccnc1S(=O)(=O)N1CCCSCC1. The number of anilines is 1. The van der Waals surface area contributed by atoms with Gasteiger partial charge >= 0.3 is 0 Å². The summed E-state index contributed by atoms with van der Waals surface area (Å²) in [5.74, 6) is 1.83. The normalized spacial score (nSPS) is 18.8. The van der Waals surface area contributed by atoms with Gasteiger partial charge in [0.1, 0.15) is 0 Å². The minimum absolute atomic E-state index is 0.0214. The second kappa shape index (κ2) is 5.24. The molecule has 0 saturated carbocycles. The van der Waals surface area contributed by atoms with E-state index in [9.17, 15) is 8.42 Å². The molecule has 0 bridgehead atoms. The molecule has 2 rings (SSSR count). The van der Waals surface area contributed by atoms with Gasteiger partial charge in [0, 0.05) is 25.0 Å². The molecule has 0 radical (unpaired) electrons. The Labute approximate surface area is 105 Å². The fourth-order valence-corrected chi connectivity index (χ4v) is 4.21. The Morgan fingerprint density at radius 3 is 2.94 bits per heavy atom. The van der Waals surface area contributed by atoms with Crippen LogP contribution in [0.2, 0.25) is 0 Å². The van der Waals surface area contributed by atoms with Gasteiger partial charge in [0.25, 0.3) is 10.0 Å². The quantitative estimate of drug-likeness (QED) is 0.862. The van der Waals surface area contributed by atoms with Gasteiger partial charge in [0.05, 0.1) is 5.69 Å². The van der Waals surface area contributed by atoms with Crippen LogP contribution < -0.4 is 5.73 Å². The van der Waals surface area contributed by atoms with Gasteiger partial charge in [-0.1, -0.05) is 0 Å². The zero-order valence-electron chi connectivity index (χ0n) is 9.37. The second-order valence-corrected chi connectivity index (χ2v) is 6.85. The van der Waals surface area contributed by atoms with E-state index in [2.05, 4.69) is 4.98 Å². The van der Waals surface area contributed by atoms with Crippen LogP contribution >= 0.6 is 11.8 Å². The zero-order chi connectivity index (χ0) is 12.3. The van der Waals surface area contributed by atoms with Crippen LogP contribution in [0.5, 0.6) is 0 Å². The number of nitrogen functional groups attached to an aromatic ring is 1. The molecule has 0 aliphatic carbocycles. The topological polar surface area (TPSA) is 76.3 Å². The average molecular weight is 273 g/mol. The van der Waals surface area contributed by atoms with E-state index in [-0.39, 0.29) is 10.7 Å². The molecule has 5 nitrogen and oxygen atoms in total. The summed E-state index contributed by atoms with van der Waals surface area (Å²) in [5, 5.41) is -0.0214. The Hall–Kier alpha value is -0.790. The van der Waals surface area contributed by atoms with Crippen LogP contribution in [-0.4, -0.2) is 42.3 Å². The molecule has 2 N–H and O–H groups in total. The molecule has 1 saturated heterocycles. The summed E-state index contributed by atoms with van der Waals surface area (Å²) in [4.78, 5) is 3.89. The van der Waals surface area contributed by atoms with Crippen LogP contribution in [-0.2, 0) is 10.0 Å². The first-order chi connectivity index (χ1) is 8.12. The number of pyridine rings is 1. The third-order valence-corrected chi connectivity index (χ3v) is 5.49. The Bertz CT molecular complexity index is 482. The van der Waals surface area contributed by atoms with Crippen molar-refractivity contribution in [1.29, 1.82) is 0 Å². The number of hydrogen-bond acceptors (Lipinski definition) is 5. The van der Waals surface area contributed by atoms with Crippen LogP contribution in [0.4, 0.5) is 5.69 Å². The van der Waals surface area contributed by atoms with Gasteiger partial charge in [0.2, 0.25) is 0 Å². The minimum atomic E-state index is -3.53. The lowest BCUT2D eigenvalue weighted by Crippen LogP contribution is -2.34. The fraction of sp³-hybridized carbons (Fsp3) is 0.500. The van der Waals surface area contributed by atoms with E-state index in [4.69, 9.17) is 5.73 Å². The van der Waals surface area contributed by atoms with Gasteiger partial charge in [-0.05, 0) is 24.3 Å². The largest absolute Gasteiger partial charge is 0.396 e. The second-order valence-electron chi connectivity index (χ2n) is 3.77. The van der Waals surface area contributed by atoms with E-state index in [0.29, 0.717) is 13.1 Å². The van der Waals surface area contributed by atoms with Crippen LogP contribution in [0.1, 0.15) is 6.42 Å². The van der Waals surface area contributed by atoms with Gasteiger partial charge in [0.15, 0.2) is 5.03 Å². The van der Waals surface area contributed by atoms with Gasteiger partial charge in [-0.15, -0.1) is 0 Å². The van der Waals surface area contributed by atoms with Crippen molar-refractivity contribution in [1.82, 2.24) is 9.29 Å². The van der Waals surface area contributed by atoms with Crippen molar-refractivity contribution in [2.45, 2.75) is 11.4 Å². The molecule has 1 fully saturated rings. The number of sulfonamides is 1. The molecule has 0 atom stereocenters. The highest BCUT2D eigenvalue weighted by Gasteiger charge is 2.28. The van der Waals surface area contributed by atoms with Gasteiger partial charge in [-0.2, -0.15) is 16.1 Å². The third-order valence-electron chi connectivity index (χ3n) is 2.57. The molecule has 94 valence electrons. The van der Waals surface area contributed by atoms with Crippen LogP contribution in [0.25, 0.3) is 0 Å². The number of aromatic nitrogens is 1. The molecule has 1 aliphatic rings. The number of rotatable bonds is 2. The highest BCUT2D eigenvalue weighted by Crippen LogP contribution is 2.22. The van der Waals surface area contributed by atoms with Crippen molar-refractivity contribution in [3.8, 4) is 0 Å². The summed E-state index contributed by atoms with van der Waals surface area (Å²) in [7, 11) is -3.53. The maximum Gasteiger partial charge on any atom is 0.262 e. The molecule has 0 unspecified atom stereocenters. The highest BCUT2D eigenvalue weighted by atomic mass is 32.2. The van der Waals surface area contributed by atoms with Crippen molar-refractivity contribution < 1.29 is 8.42 Å². The number of nitrogens with zero attached hydrogens (tertiary/aromatic N) is 2. The number of nitrogens with two attached hydrogens (primary N) is 1. The minimum Gasteiger partial charge on any atom is -0.396 e. The Morgan fingerprint density at radius 2 is 2.18 bits per heavy atom. The van der Waals surface area contributed by atoms with Crippen molar-refractivity contribution >= 4 is 27.5 Å².